The SMILES string of the molecule is Cc1cc(Cl)cc(C(N)c2cc(Br)ccc2Br)c1. The lowest BCUT2D eigenvalue weighted by Crippen LogP contribution is -2.12. The Morgan fingerprint density at radius 2 is 1.83 bits per heavy atom. The van der Waals surface area contributed by atoms with E-state index in [0.29, 0.717) is 5.02 Å². The second-order valence-electron chi connectivity index (χ2n) is 4.21. The summed E-state index contributed by atoms with van der Waals surface area (Å²) in [5, 5.41) is 0.714. The molecule has 2 N–H and O–H groups in total. The minimum Gasteiger partial charge on any atom is -0.320 e. The first kappa shape index (κ1) is 14.1. The fourth-order valence-electron chi connectivity index (χ4n) is 1.88. The molecular weight excluding hydrogens is 377 g/mol. The van der Waals surface area contributed by atoms with Crippen LogP contribution in [0.2, 0.25) is 5.02 Å². The monoisotopic (exact) mass is 387 g/mol. The number of aryl methyl sites for hydroxylation is 1. The summed E-state index contributed by atoms with van der Waals surface area (Å²) in [5.74, 6) is 0. The second-order valence-corrected chi connectivity index (χ2v) is 6.41. The Bertz CT molecular complexity index is 564. The zero-order chi connectivity index (χ0) is 13.3. The van der Waals surface area contributed by atoms with Crippen molar-refractivity contribution >= 4 is 43.5 Å². The summed E-state index contributed by atoms with van der Waals surface area (Å²) >= 11 is 13.1. The van der Waals surface area contributed by atoms with Gasteiger partial charge in [0, 0.05) is 14.0 Å². The van der Waals surface area contributed by atoms with Gasteiger partial charge < -0.3 is 5.73 Å². The van der Waals surface area contributed by atoms with Crippen molar-refractivity contribution in [1.29, 1.82) is 0 Å². The molecule has 0 saturated heterocycles. The first-order valence-corrected chi connectivity index (χ1v) is 7.41. The van der Waals surface area contributed by atoms with Crippen LogP contribution in [-0.4, -0.2) is 0 Å². The molecule has 0 radical (unpaired) electrons. The second kappa shape index (κ2) is 5.74. The molecule has 1 atom stereocenters. The van der Waals surface area contributed by atoms with E-state index >= 15 is 0 Å². The molecular formula is C14H12Br2ClN. The fourth-order valence-corrected chi connectivity index (χ4v) is 3.05. The molecule has 0 aliphatic heterocycles. The zero-order valence-electron chi connectivity index (χ0n) is 9.75. The van der Waals surface area contributed by atoms with Gasteiger partial charge in [0.05, 0.1) is 6.04 Å². The summed E-state index contributed by atoms with van der Waals surface area (Å²) in [7, 11) is 0. The van der Waals surface area contributed by atoms with Crippen LogP contribution in [0.5, 0.6) is 0 Å². The minimum absolute atomic E-state index is 0.200. The normalized spacial score (nSPS) is 12.5. The predicted molar refractivity (Wildman–Crippen MR) is 84.1 cm³/mol. The summed E-state index contributed by atoms with van der Waals surface area (Å²) < 4.78 is 2.01. The van der Waals surface area contributed by atoms with Crippen LogP contribution in [0.3, 0.4) is 0 Å². The van der Waals surface area contributed by atoms with E-state index in [-0.39, 0.29) is 6.04 Å². The Balaban J connectivity index is 2.47. The average Bonchev–Trinajstić information content (AvgIpc) is 2.30. The number of halogens is 3. The molecule has 4 heteroatoms. The average molecular weight is 390 g/mol. The summed E-state index contributed by atoms with van der Waals surface area (Å²) in [6.07, 6.45) is 0. The van der Waals surface area contributed by atoms with E-state index in [1.165, 1.54) is 0 Å². The Morgan fingerprint density at radius 3 is 2.50 bits per heavy atom. The first-order valence-electron chi connectivity index (χ1n) is 5.45. The molecule has 0 bridgehead atoms. The fraction of sp³-hybridized carbons (Fsp3) is 0.143. The van der Waals surface area contributed by atoms with Crippen molar-refractivity contribution < 1.29 is 0 Å². The quantitative estimate of drug-likeness (QED) is 0.749. The van der Waals surface area contributed by atoms with Gasteiger partial charge in [-0.2, -0.15) is 0 Å². The van der Waals surface area contributed by atoms with Crippen LogP contribution in [0.25, 0.3) is 0 Å². The van der Waals surface area contributed by atoms with Crippen molar-refractivity contribution in [1.82, 2.24) is 0 Å². The Hall–Kier alpha value is -0.350. The molecule has 1 unspecified atom stereocenters. The highest BCUT2D eigenvalue weighted by Gasteiger charge is 2.13. The topological polar surface area (TPSA) is 26.0 Å². The van der Waals surface area contributed by atoms with Crippen LogP contribution >= 0.6 is 43.5 Å². The summed E-state index contributed by atoms with van der Waals surface area (Å²) in [5.41, 5.74) is 9.47. The third kappa shape index (κ3) is 3.15. The lowest BCUT2D eigenvalue weighted by Gasteiger charge is -2.16. The van der Waals surface area contributed by atoms with Crippen molar-refractivity contribution in [2.75, 3.05) is 0 Å². The van der Waals surface area contributed by atoms with E-state index in [9.17, 15) is 0 Å². The third-order valence-corrected chi connectivity index (χ3v) is 4.15. The summed E-state index contributed by atoms with van der Waals surface area (Å²) in [6, 6.07) is 11.7. The Kier molecular flexibility index (Phi) is 4.49. The van der Waals surface area contributed by atoms with Gasteiger partial charge >= 0.3 is 0 Å². The highest BCUT2D eigenvalue weighted by molar-refractivity contribution is 9.11. The first-order chi connectivity index (χ1) is 8.47. The number of nitrogens with two attached hydrogens (primary N) is 1. The molecule has 94 valence electrons. The maximum Gasteiger partial charge on any atom is 0.0563 e. The van der Waals surface area contributed by atoms with E-state index in [4.69, 9.17) is 17.3 Å². The third-order valence-electron chi connectivity index (χ3n) is 2.72. The molecule has 2 aromatic carbocycles. The Morgan fingerprint density at radius 1 is 1.11 bits per heavy atom. The number of benzene rings is 2. The smallest absolute Gasteiger partial charge is 0.0563 e. The maximum atomic E-state index is 6.31. The van der Waals surface area contributed by atoms with Crippen LogP contribution in [0.4, 0.5) is 0 Å². The van der Waals surface area contributed by atoms with Crippen LogP contribution in [-0.2, 0) is 0 Å². The van der Waals surface area contributed by atoms with E-state index in [0.717, 1.165) is 25.6 Å². The molecule has 0 aliphatic rings. The van der Waals surface area contributed by atoms with Crippen molar-refractivity contribution in [2.24, 2.45) is 5.73 Å². The van der Waals surface area contributed by atoms with E-state index < -0.39 is 0 Å². The molecule has 0 aliphatic carbocycles. The van der Waals surface area contributed by atoms with Crippen LogP contribution in [0.1, 0.15) is 22.7 Å². The minimum atomic E-state index is -0.200. The molecule has 1 nitrogen and oxygen atoms in total. The summed E-state index contributed by atoms with van der Waals surface area (Å²) in [6.45, 7) is 2.01. The molecule has 0 heterocycles. The van der Waals surface area contributed by atoms with Gasteiger partial charge in [-0.3, -0.25) is 0 Å². The van der Waals surface area contributed by atoms with Gasteiger partial charge in [-0.1, -0.05) is 49.5 Å². The highest BCUT2D eigenvalue weighted by atomic mass is 79.9. The number of hydrogen-bond donors (Lipinski definition) is 1. The van der Waals surface area contributed by atoms with Gasteiger partial charge in [0.2, 0.25) is 0 Å². The van der Waals surface area contributed by atoms with Crippen LogP contribution in [0.15, 0.2) is 45.3 Å². The predicted octanol–water partition coefficient (Wildman–Crippen LogP) is 5.22. The number of rotatable bonds is 2. The highest BCUT2D eigenvalue weighted by Crippen LogP contribution is 2.31. The van der Waals surface area contributed by atoms with Crippen molar-refractivity contribution in [3.05, 3.63) is 67.1 Å². The molecule has 0 amide bonds. The lowest BCUT2D eigenvalue weighted by atomic mass is 9.98. The van der Waals surface area contributed by atoms with Gasteiger partial charge in [-0.25, -0.2) is 0 Å². The van der Waals surface area contributed by atoms with E-state index in [2.05, 4.69) is 37.9 Å². The molecule has 18 heavy (non-hydrogen) atoms. The molecule has 2 rings (SSSR count). The van der Waals surface area contributed by atoms with Crippen molar-refractivity contribution in [2.45, 2.75) is 13.0 Å². The molecule has 0 aromatic heterocycles. The molecule has 2 aromatic rings. The summed E-state index contributed by atoms with van der Waals surface area (Å²) in [4.78, 5) is 0. The number of hydrogen-bond acceptors (Lipinski definition) is 1. The van der Waals surface area contributed by atoms with Crippen LogP contribution in [0, 0.1) is 6.92 Å². The maximum absolute atomic E-state index is 6.31. The van der Waals surface area contributed by atoms with Gasteiger partial charge in [-0.05, 0) is 53.9 Å². The van der Waals surface area contributed by atoms with Gasteiger partial charge in [-0.15, -0.1) is 0 Å². The standard InChI is InChI=1S/C14H12Br2ClN/c1-8-4-9(6-11(17)5-8)14(18)12-7-10(15)2-3-13(12)16/h2-7,14H,18H2,1H3. The van der Waals surface area contributed by atoms with Gasteiger partial charge in [0.15, 0.2) is 0 Å². The molecule has 0 spiro atoms. The largest absolute Gasteiger partial charge is 0.320 e. The van der Waals surface area contributed by atoms with Gasteiger partial charge in [0.25, 0.3) is 0 Å². The zero-order valence-corrected chi connectivity index (χ0v) is 13.7. The molecule has 0 saturated carbocycles. The Labute approximate surface area is 129 Å². The van der Waals surface area contributed by atoms with Crippen LogP contribution < -0.4 is 5.73 Å². The van der Waals surface area contributed by atoms with E-state index in [1.54, 1.807) is 0 Å². The lowest BCUT2D eigenvalue weighted by molar-refractivity contribution is 0.863. The van der Waals surface area contributed by atoms with E-state index in [1.807, 2.05) is 37.3 Å². The molecule has 0 fully saturated rings. The van der Waals surface area contributed by atoms with Crippen molar-refractivity contribution in [3.63, 3.8) is 0 Å². The van der Waals surface area contributed by atoms with Crippen molar-refractivity contribution in [3.8, 4) is 0 Å². The van der Waals surface area contributed by atoms with Gasteiger partial charge in [0.1, 0.15) is 0 Å².